The van der Waals surface area contributed by atoms with E-state index in [0.717, 1.165) is 57.8 Å². The van der Waals surface area contributed by atoms with E-state index in [1.54, 1.807) is 13.8 Å². The molecule has 0 heterocycles. The maximum atomic E-state index is 11.9. The highest BCUT2D eigenvalue weighted by Crippen LogP contribution is 2.70. The SMILES string of the molecule is CC(=O)C12CCCC1C1(O)CCC2(O)C1.CC(=O)C12CCCC1C1(O)CCC2C1. The van der Waals surface area contributed by atoms with Crippen molar-refractivity contribution in [2.24, 2.45) is 28.6 Å². The van der Waals surface area contributed by atoms with Gasteiger partial charge in [-0.05, 0) is 77.6 Å². The van der Waals surface area contributed by atoms with E-state index in [2.05, 4.69) is 0 Å². The van der Waals surface area contributed by atoms with Crippen LogP contribution in [0.2, 0.25) is 0 Å². The van der Waals surface area contributed by atoms with Crippen molar-refractivity contribution in [2.75, 3.05) is 0 Å². The highest BCUT2D eigenvalue weighted by molar-refractivity contribution is 5.86. The molecule has 162 valence electrons. The van der Waals surface area contributed by atoms with Crippen LogP contribution in [0, 0.1) is 28.6 Å². The first-order chi connectivity index (χ1) is 13.5. The Morgan fingerprint density at radius 3 is 2.07 bits per heavy atom. The average molecular weight is 405 g/mol. The summed E-state index contributed by atoms with van der Waals surface area (Å²) in [4.78, 5) is 23.8. The summed E-state index contributed by atoms with van der Waals surface area (Å²) >= 11 is 0. The fraction of sp³-hybridized carbons (Fsp3) is 0.917. The number of aliphatic hydroxyl groups is 3. The fourth-order valence-corrected chi connectivity index (χ4v) is 9.61. The summed E-state index contributed by atoms with van der Waals surface area (Å²) in [5.74, 6) is 1.24. The number of ketones is 2. The second-order valence-corrected chi connectivity index (χ2v) is 11.4. The number of fused-ring (bicyclic) bond motifs is 10. The lowest BCUT2D eigenvalue weighted by molar-refractivity contribution is -0.151. The van der Waals surface area contributed by atoms with Crippen LogP contribution < -0.4 is 0 Å². The van der Waals surface area contributed by atoms with Crippen molar-refractivity contribution in [1.29, 1.82) is 0 Å². The lowest BCUT2D eigenvalue weighted by atomic mass is 9.62. The van der Waals surface area contributed by atoms with Gasteiger partial charge < -0.3 is 15.3 Å². The summed E-state index contributed by atoms with van der Waals surface area (Å²) in [5.41, 5.74) is -2.84. The zero-order chi connectivity index (χ0) is 20.9. The van der Waals surface area contributed by atoms with Gasteiger partial charge in [-0.1, -0.05) is 12.8 Å². The topological polar surface area (TPSA) is 94.8 Å². The Morgan fingerprint density at radius 2 is 1.45 bits per heavy atom. The molecule has 0 aromatic heterocycles. The number of rotatable bonds is 2. The summed E-state index contributed by atoms with van der Waals surface area (Å²) in [5, 5.41) is 31.6. The van der Waals surface area contributed by atoms with E-state index in [1.165, 1.54) is 0 Å². The lowest BCUT2D eigenvalue weighted by Crippen LogP contribution is -2.52. The molecule has 0 aliphatic heterocycles. The second kappa shape index (κ2) is 5.92. The standard InChI is InChI=1S/C12H18O3.C12H18O2/c1-8(13)12-4-2-3-9(12)10(14)5-6-11(12,15)7-10;1-8(13)12-5-2-3-10(12)11(14)6-4-9(12)7-11/h9,14-15H,2-7H2,1H3;9-10,14H,2-7H2,1H3. The maximum absolute atomic E-state index is 11.9. The minimum Gasteiger partial charge on any atom is -0.390 e. The van der Waals surface area contributed by atoms with Gasteiger partial charge in [-0.25, -0.2) is 0 Å². The van der Waals surface area contributed by atoms with Crippen LogP contribution in [-0.2, 0) is 9.59 Å². The van der Waals surface area contributed by atoms with Crippen LogP contribution in [0.3, 0.4) is 0 Å². The van der Waals surface area contributed by atoms with Gasteiger partial charge in [0.05, 0.1) is 22.2 Å². The Morgan fingerprint density at radius 1 is 0.759 bits per heavy atom. The summed E-state index contributed by atoms with van der Waals surface area (Å²) in [6, 6.07) is 0. The molecule has 0 spiro atoms. The molecule has 0 aromatic carbocycles. The molecule has 29 heavy (non-hydrogen) atoms. The molecule has 8 unspecified atom stereocenters. The molecule has 6 aliphatic carbocycles. The van der Waals surface area contributed by atoms with Crippen molar-refractivity contribution in [1.82, 2.24) is 0 Å². The van der Waals surface area contributed by atoms with E-state index in [9.17, 15) is 24.9 Å². The summed E-state index contributed by atoms with van der Waals surface area (Å²) < 4.78 is 0. The summed E-state index contributed by atoms with van der Waals surface area (Å²) in [7, 11) is 0. The van der Waals surface area contributed by atoms with Crippen molar-refractivity contribution in [3.63, 3.8) is 0 Å². The third-order valence-corrected chi connectivity index (χ3v) is 10.6. The molecule has 3 N–H and O–H groups in total. The molecule has 0 radical (unpaired) electrons. The Labute approximate surface area is 173 Å². The average Bonchev–Trinajstić information content (AvgIpc) is 3.42. The normalized spacial score (nSPS) is 56.1. The first kappa shape index (κ1) is 20.1. The van der Waals surface area contributed by atoms with Crippen LogP contribution in [0.5, 0.6) is 0 Å². The molecule has 0 aromatic rings. The van der Waals surface area contributed by atoms with Crippen molar-refractivity contribution in [2.45, 2.75) is 108 Å². The molecule has 5 heteroatoms. The van der Waals surface area contributed by atoms with Crippen molar-refractivity contribution in [3.05, 3.63) is 0 Å². The zero-order valence-electron chi connectivity index (χ0n) is 17.9. The smallest absolute Gasteiger partial charge is 0.139 e. The van der Waals surface area contributed by atoms with Gasteiger partial charge in [-0.15, -0.1) is 0 Å². The monoisotopic (exact) mass is 404 g/mol. The number of Topliss-reactive ketones (excluding diaryl/α,β-unsaturated/α-hetero) is 2. The molecule has 8 atom stereocenters. The molecular weight excluding hydrogens is 368 g/mol. The summed E-state index contributed by atoms with van der Waals surface area (Å²) in [6.07, 6.45) is 10.5. The van der Waals surface area contributed by atoms with Gasteiger partial charge in [0, 0.05) is 23.7 Å². The molecular formula is C24H36O5. The number of carbonyl (C=O) groups is 2. The Bertz CT molecular complexity index is 764. The minimum atomic E-state index is -0.908. The van der Waals surface area contributed by atoms with E-state index in [0.29, 0.717) is 36.9 Å². The first-order valence-electron chi connectivity index (χ1n) is 11.7. The predicted molar refractivity (Wildman–Crippen MR) is 107 cm³/mol. The van der Waals surface area contributed by atoms with Crippen molar-refractivity contribution < 1.29 is 24.9 Å². The predicted octanol–water partition coefficient (Wildman–Crippen LogP) is 2.93. The largest absolute Gasteiger partial charge is 0.390 e. The third kappa shape index (κ3) is 2.22. The summed E-state index contributed by atoms with van der Waals surface area (Å²) in [6.45, 7) is 3.32. The minimum absolute atomic E-state index is 0.0150. The lowest BCUT2D eigenvalue weighted by Gasteiger charge is -2.44. The van der Waals surface area contributed by atoms with Gasteiger partial charge in [-0.2, -0.15) is 0 Å². The van der Waals surface area contributed by atoms with E-state index < -0.39 is 22.2 Å². The van der Waals surface area contributed by atoms with Gasteiger partial charge in [0.1, 0.15) is 11.6 Å². The molecule has 6 saturated carbocycles. The molecule has 6 aliphatic rings. The Hall–Kier alpha value is -0.780. The third-order valence-electron chi connectivity index (χ3n) is 10.6. The molecule has 6 fully saturated rings. The number of carbonyl (C=O) groups excluding carboxylic acids is 2. The van der Waals surface area contributed by atoms with E-state index in [-0.39, 0.29) is 17.1 Å². The maximum Gasteiger partial charge on any atom is 0.139 e. The van der Waals surface area contributed by atoms with Gasteiger partial charge in [0.15, 0.2) is 0 Å². The zero-order valence-corrected chi connectivity index (χ0v) is 17.9. The highest BCUT2D eigenvalue weighted by atomic mass is 16.3. The van der Waals surface area contributed by atoms with Gasteiger partial charge in [-0.3, -0.25) is 9.59 Å². The van der Waals surface area contributed by atoms with Crippen LogP contribution in [0.15, 0.2) is 0 Å². The van der Waals surface area contributed by atoms with E-state index in [4.69, 9.17) is 0 Å². The van der Waals surface area contributed by atoms with Crippen LogP contribution >= 0.6 is 0 Å². The van der Waals surface area contributed by atoms with Gasteiger partial charge in [0.25, 0.3) is 0 Å². The van der Waals surface area contributed by atoms with Crippen molar-refractivity contribution >= 4 is 11.6 Å². The van der Waals surface area contributed by atoms with Gasteiger partial charge in [0.2, 0.25) is 0 Å². The Kier molecular flexibility index (Phi) is 4.11. The molecule has 4 bridgehead atoms. The number of hydrogen-bond donors (Lipinski definition) is 3. The second-order valence-electron chi connectivity index (χ2n) is 11.4. The van der Waals surface area contributed by atoms with Gasteiger partial charge >= 0.3 is 0 Å². The van der Waals surface area contributed by atoms with Crippen LogP contribution in [0.25, 0.3) is 0 Å². The highest BCUT2D eigenvalue weighted by Gasteiger charge is 2.75. The fourth-order valence-electron chi connectivity index (χ4n) is 9.61. The van der Waals surface area contributed by atoms with Crippen LogP contribution in [-0.4, -0.2) is 43.7 Å². The van der Waals surface area contributed by atoms with Crippen molar-refractivity contribution in [3.8, 4) is 0 Å². The van der Waals surface area contributed by atoms with Crippen LogP contribution in [0.1, 0.15) is 90.9 Å². The first-order valence-corrected chi connectivity index (χ1v) is 11.7. The quantitative estimate of drug-likeness (QED) is 0.658. The van der Waals surface area contributed by atoms with E-state index >= 15 is 0 Å². The molecule has 5 nitrogen and oxygen atoms in total. The molecule has 0 saturated heterocycles. The number of hydrogen-bond acceptors (Lipinski definition) is 5. The van der Waals surface area contributed by atoms with E-state index in [1.807, 2.05) is 0 Å². The molecule has 0 amide bonds. The molecule has 6 rings (SSSR count). The Balaban J connectivity index is 0.000000125. The van der Waals surface area contributed by atoms with Crippen LogP contribution in [0.4, 0.5) is 0 Å².